The van der Waals surface area contributed by atoms with E-state index >= 15 is 0 Å². The fourth-order valence-corrected chi connectivity index (χ4v) is 1.61. The molecule has 88 valence electrons. The quantitative estimate of drug-likeness (QED) is 0.723. The van der Waals surface area contributed by atoms with Crippen LogP contribution in [-0.4, -0.2) is 43.5 Å². The summed E-state index contributed by atoms with van der Waals surface area (Å²) in [6, 6.07) is 0. The lowest BCUT2D eigenvalue weighted by atomic mass is 9.95. The van der Waals surface area contributed by atoms with Gasteiger partial charge in [-0.05, 0) is 6.42 Å². The zero-order valence-corrected chi connectivity index (χ0v) is 9.13. The zero-order chi connectivity index (χ0) is 11.5. The average molecular weight is 221 g/mol. The van der Waals surface area contributed by atoms with Crippen molar-refractivity contribution in [2.45, 2.75) is 25.7 Å². The van der Waals surface area contributed by atoms with Gasteiger partial charge in [-0.25, -0.2) is 8.78 Å². The van der Waals surface area contributed by atoms with Gasteiger partial charge in [-0.2, -0.15) is 0 Å². The Morgan fingerprint density at radius 3 is 2.80 bits per heavy atom. The molecule has 1 aliphatic heterocycles. The van der Waals surface area contributed by atoms with Gasteiger partial charge in [0.25, 0.3) is 5.92 Å². The highest BCUT2D eigenvalue weighted by Gasteiger charge is 2.42. The Hall–Kier alpha value is -0.710. The number of carbonyl (C=O) groups excluding carboxylic acids is 1. The van der Waals surface area contributed by atoms with Gasteiger partial charge in [0.15, 0.2) is 0 Å². The van der Waals surface area contributed by atoms with Crippen LogP contribution in [0.3, 0.4) is 0 Å². The van der Waals surface area contributed by atoms with Crippen molar-refractivity contribution < 1.29 is 18.3 Å². The second-order valence-corrected chi connectivity index (χ2v) is 4.01. The molecule has 0 N–H and O–H groups in total. The Kier molecular flexibility index (Phi) is 4.02. The number of likely N-dealkylation sites (tertiary alicyclic amines) is 1. The normalized spacial score (nSPS) is 25.3. The summed E-state index contributed by atoms with van der Waals surface area (Å²) in [5, 5.41) is 0. The first-order valence-corrected chi connectivity index (χ1v) is 5.12. The number of rotatable bonds is 3. The van der Waals surface area contributed by atoms with E-state index in [-0.39, 0.29) is 18.9 Å². The third-order valence-corrected chi connectivity index (χ3v) is 2.83. The lowest BCUT2D eigenvalue weighted by molar-refractivity contribution is -0.149. The highest BCUT2D eigenvalue weighted by atomic mass is 19.3. The number of carbonyl (C=O) groups is 1. The summed E-state index contributed by atoms with van der Waals surface area (Å²) in [4.78, 5) is 12.7. The minimum absolute atomic E-state index is 0.182. The molecule has 1 rings (SSSR count). The van der Waals surface area contributed by atoms with Gasteiger partial charge in [0.05, 0.1) is 19.6 Å². The van der Waals surface area contributed by atoms with Crippen LogP contribution in [0.2, 0.25) is 0 Å². The van der Waals surface area contributed by atoms with E-state index in [4.69, 9.17) is 4.74 Å². The highest BCUT2D eigenvalue weighted by molar-refractivity contribution is 5.76. The van der Waals surface area contributed by atoms with Crippen LogP contribution in [0.25, 0.3) is 0 Å². The van der Waals surface area contributed by atoms with E-state index in [0.29, 0.717) is 13.0 Å². The number of alkyl halides is 2. The van der Waals surface area contributed by atoms with Gasteiger partial charge < -0.3 is 9.64 Å². The van der Waals surface area contributed by atoms with Crippen LogP contribution >= 0.6 is 0 Å². The fourth-order valence-electron chi connectivity index (χ4n) is 1.61. The van der Waals surface area contributed by atoms with Crippen LogP contribution in [-0.2, 0) is 9.53 Å². The second-order valence-electron chi connectivity index (χ2n) is 4.01. The third kappa shape index (κ3) is 3.12. The predicted octanol–water partition coefficient (Wildman–Crippen LogP) is 1.53. The van der Waals surface area contributed by atoms with Crippen molar-refractivity contribution in [2.24, 2.45) is 5.92 Å². The van der Waals surface area contributed by atoms with E-state index < -0.39 is 18.4 Å². The van der Waals surface area contributed by atoms with Crippen molar-refractivity contribution in [2.75, 3.05) is 26.8 Å². The number of hydrogen-bond donors (Lipinski definition) is 0. The number of amides is 1. The van der Waals surface area contributed by atoms with E-state index in [9.17, 15) is 13.6 Å². The number of ether oxygens (including phenoxy) is 1. The minimum atomic E-state index is -2.75. The van der Waals surface area contributed by atoms with Crippen LogP contribution < -0.4 is 0 Å². The Labute approximate surface area is 88.4 Å². The molecule has 5 heteroatoms. The Morgan fingerprint density at radius 2 is 2.27 bits per heavy atom. The molecule has 1 aliphatic rings. The lowest BCUT2D eigenvalue weighted by Crippen LogP contribution is -2.50. The first-order chi connectivity index (χ1) is 6.97. The van der Waals surface area contributed by atoms with Gasteiger partial charge in [0.1, 0.15) is 0 Å². The number of piperidine rings is 1. The minimum Gasteiger partial charge on any atom is -0.384 e. The highest BCUT2D eigenvalue weighted by Crippen LogP contribution is 2.32. The molecular formula is C10H17F2NO2. The second kappa shape index (κ2) is 4.88. The van der Waals surface area contributed by atoms with Crippen LogP contribution in [0.15, 0.2) is 0 Å². The number of nitrogens with zero attached hydrogens (tertiary/aromatic N) is 1. The van der Waals surface area contributed by atoms with Gasteiger partial charge >= 0.3 is 0 Å². The molecule has 1 atom stereocenters. The summed E-state index contributed by atoms with van der Waals surface area (Å²) < 4.78 is 31.4. The summed E-state index contributed by atoms with van der Waals surface area (Å²) in [7, 11) is 1.49. The molecule has 1 heterocycles. The monoisotopic (exact) mass is 221 g/mol. The van der Waals surface area contributed by atoms with Crippen LogP contribution in [0.1, 0.15) is 19.8 Å². The summed E-state index contributed by atoms with van der Waals surface area (Å²) >= 11 is 0. The van der Waals surface area contributed by atoms with Crippen molar-refractivity contribution in [1.82, 2.24) is 4.90 Å². The van der Waals surface area contributed by atoms with Crippen LogP contribution in [0, 0.1) is 5.92 Å². The summed E-state index contributed by atoms with van der Waals surface area (Å²) in [5.41, 5.74) is 0. The zero-order valence-electron chi connectivity index (χ0n) is 9.13. The molecule has 0 saturated carbocycles. The molecule has 1 amide bonds. The van der Waals surface area contributed by atoms with Crippen LogP contribution in [0.5, 0.6) is 0 Å². The molecule has 0 unspecified atom stereocenters. The summed E-state index contributed by atoms with van der Waals surface area (Å²) in [5.74, 6) is -3.63. The van der Waals surface area contributed by atoms with Crippen molar-refractivity contribution in [3.05, 3.63) is 0 Å². The first-order valence-electron chi connectivity index (χ1n) is 5.12. The van der Waals surface area contributed by atoms with Crippen LogP contribution in [0.4, 0.5) is 8.78 Å². The largest absolute Gasteiger partial charge is 0.384 e. The third-order valence-electron chi connectivity index (χ3n) is 2.83. The fraction of sp³-hybridized carbons (Fsp3) is 0.900. The molecule has 15 heavy (non-hydrogen) atoms. The Bertz CT molecular complexity index is 233. The topological polar surface area (TPSA) is 29.5 Å². The van der Waals surface area contributed by atoms with Gasteiger partial charge in [-0.3, -0.25) is 4.79 Å². The molecule has 0 spiro atoms. The SMILES string of the molecule is COCCC(=O)N1CC[C@H](C)C(F)(F)C1. The van der Waals surface area contributed by atoms with E-state index in [1.807, 2.05) is 0 Å². The standard InChI is InChI=1S/C10H17F2NO2/c1-8-3-5-13(7-10(8,11)12)9(14)4-6-15-2/h8H,3-7H2,1-2H3/t8-/m0/s1. The molecule has 0 bridgehead atoms. The van der Waals surface area contributed by atoms with Crippen molar-refractivity contribution in [3.8, 4) is 0 Å². The summed E-state index contributed by atoms with van der Waals surface area (Å²) in [6.07, 6.45) is 0.548. The number of halogens is 2. The predicted molar refractivity (Wildman–Crippen MR) is 51.8 cm³/mol. The maximum absolute atomic E-state index is 13.3. The maximum Gasteiger partial charge on any atom is 0.267 e. The van der Waals surface area contributed by atoms with Crippen molar-refractivity contribution in [1.29, 1.82) is 0 Å². The van der Waals surface area contributed by atoms with Crippen molar-refractivity contribution >= 4 is 5.91 Å². The molecule has 1 saturated heterocycles. The lowest BCUT2D eigenvalue weighted by Gasteiger charge is -2.36. The molecule has 3 nitrogen and oxygen atoms in total. The molecule has 0 aromatic carbocycles. The van der Waals surface area contributed by atoms with E-state index in [2.05, 4.69) is 0 Å². The van der Waals surface area contributed by atoms with Gasteiger partial charge in [-0.1, -0.05) is 6.92 Å². The van der Waals surface area contributed by atoms with E-state index in [1.165, 1.54) is 18.9 Å². The summed E-state index contributed by atoms with van der Waals surface area (Å²) in [6.45, 7) is 1.80. The van der Waals surface area contributed by atoms with E-state index in [0.717, 1.165) is 0 Å². The Morgan fingerprint density at radius 1 is 1.60 bits per heavy atom. The molecule has 0 aromatic heterocycles. The van der Waals surface area contributed by atoms with Gasteiger partial charge in [-0.15, -0.1) is 0 Å². The van der Waals surface area contributed by atoms with E-state index in [1.54, 1.807) is 0 Å². The molecule has 0 aliphatic carbocycles. The van der Waals surface area contributed by atoms with Crippen molar-refractivity contribution in [3.63, 3.8) is 0 Å². The number of hydrogen-bond acceptors (Lipinski definition) is 2. The number of methoxy groups -OCH3 is 1. The first kappa shape index (κ1) is 12.4. The smallest absolute Gasteiger partial charge is 0.267 e. The Balaban J connectivity index is 2.48. The average Bonchev–Trinajstić information content (AvgIpc) is 2.18. The molecular weight excluding hydrogens is 204 g/mol. The maximum atomic E-state index is 13.3. The molecule has 0 aromatic rings. The molecule has 1 fully saturated rings. The molecule has 0 radical (unpaired) electrons. The van der Waals surface area contributed by atoms with Gasteiger partial charge in [0, 0.05) is 19.6 Å². The van der Waals surface area contributed by atoms with Gasteiger partial charge in [0.2, 0.25) is 5.91 Å².